The maximum Gasteiger partial charge on any atom is 0.130 e. The highest BCUT2D eigenvalue weighted by molar-refractivity contribution is 9.09. The molecule has 0 radical (unpaired) electrons. The summed E-state index contributed by atoms with van der Waals surface area (Å²) in [6.07, 6.45) is 5.84. The van der Waals surface area contributed by atoms with Crippen LogP contribution in [-0.2, 0) is 6.42 Å². The quantitative estimate of drug-likeness (QED) is 0.365. The SMILES string of the molecule is CCCCCCOc1c(CC)cc(OCCBr)c2ccccc12. The van der Waals surface area contributed by atoms with E-state index < -0.39 is 0 Å². The Morgan fingerprint density at radius 1 is 0.913 bits per heavy atom. The van der Waals surface area contributed by atoms with Crippen LogP contribution in [0.15, 0.2) is 30.3 Å². The van der Waals surface area contributed by atoms with E-state index in [1.54, 1.807) is 0 Å². The number of fused-ring (bicyclic) bond motifs is 1. The second-order valence-corrected chi connectivity index (χ2v) is 6.50. The van der Waals surface area contributed by atoms with Crippen molar-refractivity contribution in [1.82, 2.24) is 0 Å². The molecule has 0 fully saturated rings. The van der Waals surface area contributed by atoms with E-state index in [0.717, 1.165) is 47.1 Å². The van der Waals surface area contributed by atoms with Crippen LogP contribution in [-0.4, -0.2) is 18.5 Å². The van der Waals surface area contributed by atoms with Crippen molar-refractivity contribution in [2.24, 2.45) is 0 Å². The normalized spacial score (nSPS) is 10.9. The molecule has 0 aromatic heterocycles. The monoisotopic (exact) mass is 378 g/mol. The summed E-state index contributed by atoms with van der Waals surface area (Å²) < 4.78 is 12.1. The highest BCUT2D eigenvalue weighted by Gasteiger charge is 2.13. The van der Waals surface area contributed by atoms with E-state index in [1.165, 1.54) is 24.8 Å². The van der Waals surface area contributed by atoms with Gasteiger partial charge in [-0.3, -0.25) is 0 Å². The average Bonchev–Trinajstić information content (AvgIpc) is 2.60. The Bertz CT molecular complexity index is 610. The van der Waals surface area contributed by atoms with Crippen molar-refractivity contribution in [3.05, 3.63) is 35.9 Å². The Kier molecular flexibility index (Phi) is 7.73. The van der Waals surface area contributed by atoms with Gasteiger partial charge in [0.15, 0.2) is 0 Å². The van der Waals surface area contributed by atoms with Gasteiger partial charge in [0, 0.05) is 16.1 Å². The Balaban J connectivity index is 2.27. The van der Waals surface area contributed by atoms with Gasteiger partial charge in [0.25, 0.3) is 0 Å². The van der Waals surface area contributed by atoms with Gasteiger partial charge >= 0.3 is 0 Å². The molecule has 2 rings (SSSR count). The third-order valence-corrected chi connectivity index (χ3v) is 4.32. The first-order chi connectivity index (χ1) is 11.3. The van der Waals surface area contributed by atoms with Gasteiger partial charge < -0.3 is 9.47 Å². The molecular formula is C20H27BrO2. The van der Waals surface area contributed by atoms with E-state index in [9.17, 15) is 0 Å². The second-order valence-electron chi connectivity index (χ2n) is 5.71. The van der Waals surface area contributed by atoms with Crippen molar-refractivity contribution < 1.29 is 9.47 Å². The molecule has 0 aliphatic rings. The lowest BCUT2D eigenvalue weighted by atomic mass is 10.0. The van der Waals surface area contributed by atoms with Crippen LogP contribution >= 0.6 is 15.9 Å². The van der Waals surface area contributed by atoms with Crippen LogP contribution in [0, 0.1) is 0 Å². The van der Waals surface area contributed by atoms with Crippen molar-refractivity contribution in [3.63, 3.8) is 0 Å². The number of rotatable bonds is 10. The maximum absolute atomic E-state index is 6.18. The molecule has 2 nitrogen and oxygen atoms in total. The van der Waals surface area contributed by atoms with Gasteiger partial charge in [-0.25, -0.2) is 0 Å². The molecule has 0 aliphatic heterocycles. The number of halogens is 1. The lowest BCUT2D eigenvalue weighted by Crippen LogP contribution is -2.03. The van der Waals surface area contributed by atoms with Crippen LogP contribution in [0.1, 0.15) is 45.1 Å². The summed E-state index contributed by atoms with van der Waals surface area (Å²) in [5, 5.41) is 3.12. The average molecular weight is 379 g/mol. The zero-order chi connectivity index (χ0) is 16.5. The van der Waals surface area contributed by atoms with Crippen molar-refractivity contribution in [3.8, 4) is 11.5 Å². The lowest BCUT2D eigenvalue weighted by molar-refractivity contribution is 0.304. The fraction of sp³-hybridized carbons (Fsp3) is 0.500. The second kappa shape index (κ2) is 9.82. The van der Waals surface area contributed by atoms with Gasteiger partial charge in [0.2, 0.25) is 0 Å². The number of hydrogen-bond acceptors (Lipinski definition) is 2. The van der Waals surface area contributed by atoms with E-state index >= 15 is 0 Å². The van der Waals surface area contributed by atoms with E-state index in [2.05, 4.69) is 60.1 Å². The summed E-state index contributed by atoms with van der Waals surface area (Å²) in [5.41, 5.74) is 1.23. The molecule has 0 atom stereocenters. The number of hydrogen-bond donors (Lipinski definition) is 0. The molecule has 0 saturated carbocycles. The van der Waals surface area contributed by atoms with Gasteiger partial charge in [-0.1, -0.05) is 73.3 Å². The van der Waals surface area contributed by atoms with Crippen molar-refractivity contribution in [1.29, 1.82) is 0 Å². The number of benzene rings is 2. The molecule has 3 heteroatoms. The molecule has 2 aromatic rings. The minimum absolute atomic E-state index is 0.671. The van der Waals surface area contributed by atoms with E-state index in [-0.39, 0.29) is 0 Å². The lowest BCUT2D eigenvalue weighted by Gasteiger charge is -2.17. The van der Waals surface area contributed by atoms with Crippen molar-refractivity contribution >= 4 is 26.7 Å². The number of aryl methyl sites for hydroxylation is 1. The molecule has 0 amide bonds. The minimum Gasteiger partial charge on any atom is -0.493 e. The van der Waals surface area contributed by atoms with Crippen LogP contribution in [0.2, 0.25) is 0 Å². The Morgan fingerprint density at radius 3 is 2.39 bits per heavy atom. The number of alkyl halides is 1. The highest BCUT2D eigenvalue weighted by atomic mass is 79.9. The summed E-state index contributed by atoms with van der Waals surface area (Å²) >= 11 is 3.43. The summed E-state index contributed by atoms with van der Waals surface area (Å²) in [4.78, 5) is 0. The summed E-state index contributed by atoms with van der Waals surface area (Å²) in [6.45, 7) is 5.86. The Morgan fingerprint density at radius 2 is 1.70 bits per heavy atom. The predicted octanol–water partition coefficient (Wildman–Crippen LogP) is 6.14. The molecule has 0 aliphatic carbocycles. The fourth-order valence-electron chi connectivity index (χ4n) is 2.77. The fourth-order valence-corrected chi connectivity index (χ4v) is 2.94. The van der Waals surface area contributed by atoms with Gasteiger partial charge in [-0.2, -0.15) is 0 Å². The molecule has 126 valence electrons. The van der Waals surface area contributed by atoms with Crippen LogP contribution in [0.4, 0.5) is 0 Å². The largest absolute Gasteiger partial charge is 0.493 e. The Labute approximate surface area is 148 Å². The molecule has 2 aromatic carbocycles. The smallest absolute Gasteiger partial charge is 0.130 e. The van der Waals surface area contributed by atoms with Crippen molar-refractivity contribution in [2.45, 2.75) is 46.0 Å². The molecule has 0 heterocycles. The standard InChI is InChI=1S/C20H27BrO2/c1-3-5-6-9-13-23-20-16(4-2)15-19(22-14-12-21)17-10-7-8-11-18(17)20/h7-8,10-11,15H,3-6,9,12-14H2,1-2H3. The first-order valence-electron chi connectivity index (χ1n) is 8.68. The summed E-state index contributed by atoms with van der Waals surface area (Å²) in [7, 11) is 0. The summed E-state index contributed by atoms with van der Waals surface area (Å²) in [6, 6.07) is 10.5. The third-order valence-electron chi connectivity index (χ3n) is 3.99. The van der Waals surface area contributed by atoms with Crippen LogP contribution in [0.25, 0.3) is 10.8 Å². The molecule has 0 unspecified atom stereocenters. The third kappa shape index (κ3) is 4.87. The van der Waals surface area contributed by atoms with Gasteiger partial charge in [0.1, 0.15) is 11.5 Å². The summed E-state index contributed by atoms with van der Waals surface area (Å²) in [5.74, 6) is 1.99. The molecule has 0 N–H and O–H groups in total. The molecule has 0 saturated heterocycles. The first-order valence-corrected chi connectivity index (χ1v) is 9.80. The molecule has 0 spiro atoms. The zero-order valence-electron chi connectivity index (χ0n) is 14.2. The van der Waals surface area contributed by atoms with E-state index in [4.69, 9.17) is 9.47 Å². The van der Waals surface area contributed by atoms with Crippen LogP contribution in [0.5, 0.6) is 11.5 Å². The topological polar surface area (TPSA) is 18.5 Å². The van der Waals surface area contributed by atoms with E-state index in [1.807, 2.05) is 0 Å². The predicted molar refractivity (Wildman–Crippen MR) is 102 cm³/mol. The molecular weight excluding hydrogens is 352 g/mol. The maximum atomic E-state index is 6.18. The highest BCUT2D eigenvalue weighted by Crippen LogP contribution is 2.37. The van der Waals surface area contributed by atoms with E-state index in [0.29, 0.717) is 6.61 Å². The molecule has 23 heavy (non-hydrogen) atoms. The van der Waals surface area contributed by atoms with Crippen molar-refractivity contribution in [2.75, 3.05) is 18.5 Å². The first kappa shape index (κ1) is 18.1. The zero-order valence-corrected chi connectivity index (χ0v) is 15.8. The molecule has 0 bridgehead atoms. The van der Waals surface area contributed by atoms with Gasteiger partial charge in [-0.05, 0) is 24.5 Å². The number of ether oxygens (including phenoxy) is 2. The van der Waals surface area contributed by atoms with Crippen LogP contribution < -0.4 is 9.47 Å². The number of unbranched alkanes of at least 4 members (excludes halogenated alkanes) is 3. The van der Waals surface area contributed by atoms with Gasteiger partial charge in [-0.15, -0.1) is 0 Å². The Hall–Kier alpha value is -1.22. The minimum atomic E-state index is 0.671. The van der Waals surface area contributed by atoms with Crippen LogP contribution in [0.3, 0.4) is 0 Å². The van der Waals surface area contributed by atoms with Gasteiger partial charge in [0.05, 0.1) is 13.2 Å².